The fourth-order valence-electron chi connectivity index (χ4n) is 3.07. The Hall–Kier alpha value is 0.220. The van der Waals surface area contributed by atoms with E-state index in [4.69, 9.17) is 9.98 Å². The van der Waals surface area contributed by atoms with E-state index in [0.29, 0.717) is 0 Å². The molecule has 0 aromatic rings. The van der Waals surface area contributed by atoms with Crippen LogP contribution in [-0.2, 0) is 0 Å². The Morgan fingerprint density at radius 1 is 0.708 bits per heavy atom. The Morgan fingerprint density at radius 2 is 1.04 bits per heavy atom. The minimum absolute atomic E-state index is 0. The maximum Gasteiger partial charge on any atom is 0.0400 e. The molecular weight excluding hydrogens is 432 g/mol. The molecule has 6 heteroatoms. The predicted octanol–water partition coefficient (Wildman–Crippen LogP) is 4.37. The second-order valence-electron chi connectivity index (χ2n) is 7.92. The van der Waals surface area contributed by atoms with E-state index in [-0.39, 0.29) is 45.0 Å². The van der Waals surface area contributed by atoms with Gasteiger partial charge in [0.1, 0.15) is 0 Å². The highest BCUT2D eigenvalue weighted by Crippen LogP contribution is 2.12. The normalized spacial score (nSPS) is 23.1. The van der Waals surface area contributed by atoms with Crippen LogP contribution >= 0.6 is 34.0 Å². The maximum absolute atomic E-state index is 4.72. The smallest absolute Gasteiger partial charge is 0.0400 e. The Labute approximate surface area is 170 Å². The number of nitrogens with zero attached hydrogens (tertiary/aromatic N) is 2. The summed E-state index contributed by atoms with van der Waals surface area (Å²) in [5.74, 6) is 0. The molecule has 1 aliphatic heterocycles. The van der Waals surface area contributed by atoms with E-state index < -0.39 is 0 Å². The summed E-state index contributed by atoms with van der Waals surface area (Å²) in [6.07, 6.45) is 4.19. The maximum atomic E-state index is 4.72. The largest absolute Gasteiger partial charge is 0.311 e. The summed E-state index contributed by atoms with van der Waals surface area (Å²) in [5.41, 5.74) is 2.73. The molecule has 1 aliphatic rings. The second-order valence-corrected chi connectivity index (χ2v) is 7.92. The molecule has 1 heterocycles. The summed E-state index contributed by atoms with van der Waals surface area (Å²) < 4.78 is 0. The summed E-state index contributed by atoms with van der Waals surface area (Å²) in [7, 11) is 0. The van der Waals surface area contributed by atoms with E-state index in [1.165, 1.54) is 11.4 Å². The van der Waals surface area contributed by atoms with Gasteiger partial charge < -0.3 is 10.6 Å². The van der Waals surface area contributed by atoms with Crippen LogP contribution in [0.3, 0.4) is 0 Å². The number of aliphatic imine (C=N–C) groups is 2. The van der Waals surface area contributed by atoms with E-state index in [9.17, 15) is 0 Å². The molecule has 0 saturated carbocycles. The van der Waals surface area contributed by atoms with Gasteiger partial charge in [0, 0.05) is 48.4 Å². The molecule has 0 radical (unpaired) electrons. The molecule has 0 fully saturated rings. The fourth-order valence-corrected chi connectivity index (χ4v) is 3.07. The third-order valence-electron chi connectivity index (χ3n) is 4.04. The molecule has 0 atom stereocenters. The van der Waals surface area contributed by atoms with Crippen molar-refractivity contribution in [3.63, 3.8) is 0 Å². The van der Waals surface area contributed by atoms with Crippen molar-refractivity contribution in [2.75, 3.05) is 26.2 Å². The molecule has 0 bridgehead atoms. The van der Waals surface area contributed by atoms with Crippen molar-refractivity contribution in [2.24, 2.45) is 9.98 Å². The van der Waals surface area contributed by atoms with Crippen LogP contribution in [0.4, 0.5) is 0 Å². The van der Waals surface area contributed by atoms with Gasteiger partial charge in [-0.2, -0.15) is 0 Å². The van der Waals surface area contributed by atoms with E-state index >= 15 is 0 Å². The molecule has 0 amide bonds. The lowest BCUT2D eigenvalue weighted by atomic mass is 9.97. The lowest BCUT2D eigenvalue weighted by molar-refractivity contribution is 0.394. The van der Waals surface area contributed by atoms with Gasteiger partial charge in [-0.25, -0.2) is 0 Å². The summed E-state index contributed by atoms with van der Waals surface area (Å²) in [4.78, 5) is 9.45. The fraction of sp³-hybridized carbons (Fsp3) is 0.889. The third kappa shape index (κ3) is 12.6. The monoisotopic (exact) mass is 468 g/mol. The molecule has 24 heavy (non-hydrogen) atoms. The van der Waals surface area contributed by atoms with E-state index in [2.05, 4.69) is 52.2 Å². The minimum atomic E-state index is 0. The first kappa shape index (κ1) is 26.4. The van der Waals surface area contributed by atoms with Crippen LogP contribution in [0.15, 0.2) is 9.98 Å². The molecule has 0 spiro atoms. The third-order valence-corrected chi connectivity index (χ3v) is 4.04. The molecule has 1 rings (SSSR count). The number of rotatable bonds is 0. The van der Waals surface area contributed by atoms with Crippen LogP contribution in [0.25, 0.3) is 0 Å². The first-order valence-corrected chi connectivity index (χ1v) is 8.70. The van der Waals surface area contributed by atoms with Gasteiger partial charge >= 0.3 is 0 Å². The van der Waals surface area contributed by atoms with Gasteiger partial charge in [-0.05, 0) is 67.5 Å². The van der Waals surface area contributed by atoms with Crippen molar-refractivity contribution in [2.45, 2.75) is 78.3 Å². The van der Waals surface area contributed by atoms with E-state index in [1.54, 1.807) is 0 Å². The van der Waals surface area contributed by atoms with Crippen molar-refractivity contribution in [1.82, 2.24) is 10.6 Å². The Morgan fingerprint density at radius 3 is 1.38 bits per heavy atom. The van der Waals surface area contributed by atoms with Gasteiger partial charge in [0.15, 0.2) is 0 Å². The summed E-state index contributed by atoms with van der Waals surface area (Å²) in [6, 6.07) is 0. The Balaban J connectivity index is 0. The van der Waals surface area contributed by atoms with Gasteiger partial charge in [-0.1, -0.05) is 0 Å². The van der Waals surface area contributed by atoms with Crippen molar-refractivity contribution in [3.05, 3.63) is 0 Å². The molecule has 0 saturated heterocycles. The number of halogens is 2. The highest BCUT2D eigenvalue weighted by molar-refractivity contribution is 8.93. The Bertz CT molecular complexity index is 366. The average molecular weight is 470 g/mol. The average Bonchev–Trinajstić information content (AvgIpc) is 2.35. The number of hydrogen-bond acceptors (Lipinski definition) is 4. The van der Waals surface area contributed by atoms with Gasteiger partial charge in [0.05, 0.1) is 0 Å². The van der Waals surface area contributed by atoms with Crippen molar-refractivity contribution < 1.29 is 0 Å². The predicted molar refractivity (Wildman–Crippen MR) is 119 cm³/mol. The summed E-state index contributed by atoms with van der Waals surface area (Å²) >= 11 is 0. The molecular formula is C18H38Br2N4. The lowest BCUT2D eigenvalue weighted by Gasteiger charge is -2.27. The first-order chi connectivity index (χ1) is 10.2. The molecule has 0 aromatic heterocycles. The topological polar surface area (TPSA) is 48.8 Å². The van der Waals surface area contributed by atoms with Crippen LogP contribution in [0.5, 0.6) is 0 Å². The lowest BCUT2D eigenvalue weighted by Crippen LogP contribution is -2.42. The van der Waals surface area contributed by atoms with Crippen LogP contribution in [-0.4, -0.2) is 48.7 Å². The summed E-state index contributed by atoms with van der Waals surface area (Å²) in [6.45, 7) is 17.2. The SMILES string of the molecule is Br.Br.CC1=NCCCNC(C)(C)CC(C)=NCCCNC(C)(C)C1. The van der Waals surface area contributed by atoms with Crippen molar-refractivity contribution in [1.29, 1.82) is 0 Å². The molecule has 0 aromatic carbocycles. The first-order valence-electron chi connectivity index (χ1n) is 8.70. The van der Waals surface area contributed by atoms with E-state index in [1.807, 2.05) is 0 Å². The van der Waals surface area contributed by atoms with Crippen LogP contribution in [0.2, 0.25) is 0 Å². The van der Waals surface area contributed by atoms with Crippen molar-refractivity contribution in [3.8, 4) is 0 Å². The zero-order valence-corrected chi connectivity index (χ0v) is 19.8. The highest BCUT2D eigenvalue weighted by Gasteiger charge is 2.19. The van der Waals surface area contributed by atoms with Crippen LogP contribution in [0.1, 0.15) is 67.2 Å². The van der Waals surface area contributed by atoms with Gasteiger partial charge in [-0.3, -0.25) is 9.98 Å². The van der Waals surface area contributed by atoms with Crippen molar-refractivity contribution >= 4 is 45.4 Å². The summed E-state index contributed by atoms with van der Waals surface area (Å²) in [5, 5.41) is 7.28. The minimum Gasteiger partial charge on any atom is -0.311 e. The molecule has 0 unspecified atom stereocenters. The number of hydrogen-bond donors (Lipinski definition) is 2. The van der Waals surface area contributed by atoms with E-state index in [0.717, 1.165) is 51.9 Å². The van der Waals surface area contributed by atoms with Gasteiger partial charge in [0.2, 0.25) is 0 Å². The van der Waals surface area contributed by atoms with Crippen LogP contribution < -0.4 is 10.6 Å². The quantitative estimate of drug-likeness (QED) is 0.553. The molecule has 2 N–H and O–H groups in total. The molecule has 144 valence electrons. The Kier molecular flexibility index (Phi) is 13.8. The van der Waals surface area contributed by atoms with Gasteiger partial charge in [-0.15, -0.1) is 34.0 Å². The molecule has 4 nitrogen and oxygen atoms in total. The second kappa shape index (κ2) is 12.6. The van der Waals surface area contributed by atoms with Crippen LogP contribution in [0, 0.1) is 0 Å². The highest BCUT2D eigenvalue weighted by atomic mass is 79.9. The molecule has 0 aliphatic carbocycles. The zero-order chi connectivity index (χ0) is 16.6. The standard InChI is InChI=1S/C18H36N4.2BrH/c1-15-13-17(3,4)21-12-8-10-20-16(2)14-18(5,6)22-11-7-9-19-15;;/h21-22H,7-14H2,1-6H3;2*1H. The van der Waals surface area contributed by atoms with Gasteiger partial charge in [0.25, 0.3) is 0 Å². The zero-order valence-electron chi connectivity index (χ0n) is 16.4. The number of nitrogens with one attached hydrogen (secondary N) is 2.